The number of esters is 1. The molecule has 1 atom stereocenters. The van der Waals surface area contributed by atoms with Crippen molar-refractivity contribution in [2.75, 3.05) is 13.7 Å². The van der Waals surface area contributed by atoms with Crippen molar-refractivity contribution < 1.29 is 23.5 Å². The van der Waals surface area contributed by atoms with Crippen molar-refractivity contribution in [2.24, 2.45) is 5.92 Å². The molecule has 0 fully saturated rings. The molecule has 0 aliphatic rings. The summed E-state index contributed by atoms with van der Waals surface area (Å²) in [6.07, 6.45) is 1.99. The second kappa shape index (κ2) is 12.8. The van der Waals surface area contributed by atoms with Gasteiger partial charge in [-0.3, -0.25) is 9.59 Å². The zero-order valence-corrected chi connectivity index (χ0v) is 22.1. The van der Waals surface area contributed by atoms with E-state index in [0.29, 0.717) is 19.4 Å². The molecule has 2 aromatic rings. The number of benzene rings is 2. The summed E-state index contributed by atoms with van der Waals surface area (Å²) in [4.78, 5) is 36.0. The predicted molar refractivity (Wildman–Crippen MR) is 138 cm³/mol. The number of ketones is 2. The van der Waals surface area contributed by atoms with E-state index in [2.05, 4.69) is 69.3 Å². The Balaban J connectivity index is 2.11. The largest absolute Gasteiger partial charge is 0.468 e. The van der Waals surface area contributed by atoms with Crippen molar-refractivity contribution in [1.82, 2.24) is 0 Å². The van der Waals surface area contributed by atoms with Crippen molar-refractivity contribution in [3.63, 3.8) is 0 Å². The first-order chi connectivity index (χ1) is 16.1. The van der Waals surface area contributed by atoms with Crippen LogP contribution in [0.4, 0.5) is 0 Å². The first-order valence-corrected chi connectivity index (χ1v) is 13.9. The van der Waals surface area contributed by atoms with Crippen LogP contribution in [0.5, 0.6) is 0 Å². The van der Waals surface area contributed by atoms with Crippen LogP contribution < -0.4 is 10.4 Å². The number of hydrogen-bond donors (Lipinski definition) is 0. The lowest BCUT2D eigenvalue weighted by atomic mass is 9.94. The minimum absolute atomic E-state index is 0.0413. The fraction of sp³-hybridized carbons (Fsp3) is 0.464. The summed E-state index contributed by atoms with van der Waals surface area (Å²) in [6, 6.07) is 20.9. The molecule has 2 aromatic carbocycles. The number of rotatable bonds is 13. The molecule has 0 aliphatic carbocycles. The summed E-state index contributed by atoms with van der Waals surface area (Å²) < 4.78 is 11.6. The molecule has 0 aliphatic heterocycles. The monoisotopic (exact) mass is 482 g/mol. The van der Waals surface area contributed by atoms with E-state index in [-0.39, 0.29) is 35.9 Å². The van der Waals surface area contributed by atoms with Gasteiger partial charge >= 0.3 is 5.97 Å². The van der Waals surface area contributed by atoms with Gasteiger partial charge in [-0.15, -0.1) is 0 Å². The lowest BCUT2D eigenvalue weighted by molar-refractivity contribution is -0.149. The predicted octanol–water partition coefficient (Wildman–Crippen LogP) is 4.46. The van der Waals surface area contributed by atoms with Crippen molar-refractivity contribution in [3.8, 4) is 0 Å². The number of methoxy groups -OCH3 is 1. The van der Waals surface area contributed by atoms with Gasteiger partial charge < -0.3 is 14.0 Å². The quantitative estimate of drug-likeness (QED) is 0.182. The first kappa shape index (κ1) is 27.7. The normalized spacial score (nSPS) is 12.7. The van der Waals surface area contributed by atoms with Crippen molar-refractivity contribution in [3.05, 3.63) is 60.7 Å². The van der Waals surface area contributed by atoms with E-state index in [1.54, 1.807) is 0 Å². The maximum Gasteiger partial charge on any atom is 0.316 e. The smallest absolute Gasteiger partial charge is 0.316 e. The molecular formula is C28H38O5Si. The highest BCUT2D eigenvalue weighted by Crippen LogP contribution is 2.36. The molecule has 0 amide bonds. The lowest BCUT2D eigenvalue weighted by Gasteiger charge is -2.43. The summed E-state index contributed by atoms with van der Waals surface area (Å²) in [5, 5.41) is 2.34. The van der Waals surface area contributed by atoms with E-state index in [0.717, 1.165) is 0 Å². The average molecular weight is 483 g/mol. The van der Waals surface area contributed by atoms with Crippen LogP contribution in [0.15, 0.2) is 60.7 Å². The highest BCUT2D eigenvalue weighted by molar-refractivity contribution is 6.99. The van der Waals surface area contributed by atoms with Gasteiger partial charge in [0.05, 0.1) is 7.11 Å². The molecule has 6 heteroatoms. The first-order valence-electron chi connectivity index (χ1n) is 12.0. The molecule has 184 valence electrons. The Labute approximate surface area is 205 Å². The Kier molecular flexibility index (Phi) is 10.4. The maximum atomic E-state index is 12.7. The third-order valence-corrected chi connectivity index (χ3v) is 11.3. The van der Waals surface area contributed by atoms with E-state index >= 15 is 0 Å². The fourth-order valence-corrected chi connectivity index (χ4v) is 9.07. The minimum Gasteiger partial charge on any atom is -0.468 e. The highest BCUT2D eigenvalue weighted by atomic mass is 28.4. The molecule has 0 spiro atoms. The number of carbonyl (C=O) groups excluding carboxylic acids is 3. The van der Waals surface area contributed by atoms with Crippen LogP contribution in [0.25, 0.3) is 0 Å². The molecule has 5 nitrogen and oxygen atoms in total. The van der Waals surface area contributed by atoms with Gasteiger partial charge in [0.15, 0.2) is 0 Å². The van der Waals surface area contributed by atoms with Gasteiger partial charge in [0.25, 0.3) is 8.32 Å². The maximum absolute atomic E-state index is 12.7. The van der Waals surface area contributed by atoms with Gasteiger partial charge in [-0.05, 0) is 41.6 Å². The van der Waals surface area contributed by atoms with E-state index in [1.807, 2.05) is 12.1 Å². The third-order valence-electron chi connectivity index (χ3n) is 6.21. The van der Waals surface area contributed by atoms with E-state index in [1.165, 1.54) is 24.4 Å². The zero-order valence-electron chi connectivity index (χ0n) is 21.1. The Morgan fingerprint density at radius 2 is 1.38 bits per heavy atom. The number of carbonyl (C=O) groups is 3. The molecule has 0 heterocycles. The number of unbranched alkanes of at least 4 members (excludes halogenated alkanes) is 1. The second-order valence-electron chi connectivity index (χ2n) is 9.75. The van der Waals surface area contributed by atoms with Crippen molar-refractivity contribution >= 4 is 36.2 Å². The van der Waals surface area contributed by atoms with Crippen molar-refractivity contribution in [1.29, 1.82) is 0 Å². The summed E-state index contributed by atoms with van der Waals surface area (Å²) in [5.74, 6) is -1.64. The van der Waals surface area contributed by atoms with Gasteiger partial charge in [0, 0.05) is 19.4 Å². The Hall–Kier alpha value is -2.57. The molecule has 0 bridgehead atoms. The number of Topliss-reactive ketones (excluding diaryl/α,β-unsaturated/α-hetero) is 2. The summed E-state index contributed by atoms with van der Waals surface area (Å²) >= 11 is 0. The number of hydrogen-bond acceptors (Lipinski definition) is 5. The highest BCUT2D eigenvalue weighted by Gasteiger charge is 2.49. The average Bonchev–Trinajstić information content (AvgIpc) is 2.81. The van der Waals surface area contributed by atoms with Gasteiger partial charge in [0.1, 0.15) is 17.5 Å². The summed E-state index contributed by atoms with van der Waals surface area (Å²) in [5.41, 5.74) is 0. The molecule has 34 heavy (non-hydrogen) atoms. The summed E-state index contributed by atoms with van der Waals surface area (Å²) in [7, 11) is -1.32. The van der Waals surface area contributed by atoms with Crippen LogP contribution in [0.3, 0.4) is 0 Å². The fourth-order valence-electron chi connectivity index (χ4n) is 4.46. The zero-order chi connectivity index (χ0) is 25.2. The molecule has 0 saturated carbocycles. The third kappa shape index (κ3) is 6.97. The summed E-state index contributed by atoms with van der Waals surface area (Å²) in [6.45, 7) is 8.69. The van der Waals surface area contributed by atoms with Crippen LogP contribution in [-0.4, -0.2) is 39.6 Å². The topological polar surface area (TPSA) is 69.7 Å². The molecule has 0 aromatic heterocycles. The Bertz CT molecular complexity index is 895. The van der Waals surface area contributed by atoms with Crippen LogP contribution in [0, 0.1) is 5.92 Å². The molecule has 0 saturated heterocycles. The minimum atomic E-state index is -2.59. The van der Waals surface area contributed by atoms with Gasteiger partial charge in [0.2, 0.25) is 0 Å². The van der Waals surface area contributed by atoms with Gasteiger partial charge in [-0.25, -0.2) is 0 Å². The SMILES string of the molecule is COC(=O)C(CCC(C)=O)C(=O)CCCCO[Si](c1ccccc1)(c1ccccc1)C(C)(C)C. The Morgan fingerprint density at radius 3 is 1.82 bits per heavy atom. The van der Waals surface area contributed by atoms with Gasteiger partial charge in [-0.2, -0.15) is 0 Å². The molecular weight excluding hydrogens is 444 g/mol. The Morgan fingerprint density at radius 1 is 0.853 bits per heavy atom. The number of ether oxygens (including phenoxy) is 1. The van der Waals surface area contributed by atoms with E-state index in [9.17, 15) is 14.4 Å². The molecule has 2 rings (SSSR count). The second-order valence-corrected chi connectivity index (χ2v) is 14.1. The van der Waals surface area contributed by atoms with E-state index in [4.69, 9.17) is 9.16 Å². The standard InChI is InChI=1S/C28H38O5Si/c1-22(29)19-20-25(27(31)32-5)26(30)18-12-13-21-33-34(28(2,3)4,23-14-8-6-9-15-23)24-16-10-7-11-17-24/h6-11,14-17,25H,12-13,18-21H2,1-5H3. The van der Waals surface area contributed by atoms with Crippen LogP contribution in [0.2, 0.25) is 5.04 Å². The molecule has 0 N–H and O–H groups in total. The molecule has 1 unspecified atom stereocenters. The van der Waals surface area contributed by atoms with Crippen LogP contribution in [0.1, 0.15) is 59.8 Å². The lowest BCUT2D eigenvalue weighted by Crippen LogP contribution is -2.66. The van der Waals surface area contributed by atoms with Crippen molar-refractivity contribution in [2.45, 2.75) is 64.8 Å². The van der Waals surface area contributed by atoms with Crippen LogP contribution >= 0.6 is 0 Å². The van der Waals surface area contributed by atoms with E-state index < -0.39 is 20.2 Å². The molecule has 0 radical (unpaired) electrons. The van der Waals surface area contributed by atoms with Gasteiger partial charge in [-0.1, -0.05) is 81.4 Å². The van der Waals surface area contributed by atoms with Crippen LogP contribution in [-0.2, 0) is 23.5 Å².